The largest absolute Gasteiger partial charge is 0.473 e. The van der Waals surface area contributed by atoms with E-state index in [4.69, 9.17) is 10.5 Å². The van der Waals surface area contributed by atoms with Gasteiger partial charge in [-0.25, -0.2) is 13.2 Å². The summed E-state index contributed by atoms with van der Waals surface area (Å²) < 4.78 is 45.0. The van der Waals surface area contributed by atoms with Crippen molar-refractivity contribution >= 4 is 17.2 Å². The highest BCUT2D eigenvalue weighted by Gasteiger charge is 2.14. The highest BCUT2D eigenvalue weighted by Crippen LogP contribution is 2.26. The second-order valence-electron chi connectivity index (χ2n) is 4.61. The van der Waals surface area contributed by atoms with E-state index in [2.05, 4.69) is 10.3 Å². The molecule has 0 unspecified atom stereocenters. The summed E-state index contributed by atoms with van der Waals surface area (Å²) in [6, 6.07) is 4.90. The second-order valence-corrected chi connectivity index (χ2v) is 4.61. The second kappa shape index (κ2) is 5.90. The van der Waals surface area contributed by atoms with Crippen molar-refractivity contribution in [2.75, 3.05) is 11.1 Å². The lowest BCUT2D eigenvalue weighted by Crippen LogP contribution is -2.10. The van der Waals surface area contributed by atoms with Gasteiger partial charge in [0.05, 0.1) is 17.5 Å². The summed E-state index contributed by atoms with van der Waals surface area (Å²) in [5.74, 6) is -3.75. The number of pyridine rings is 1. The van der Waals surface area contributed by atoms with Crippen molar-refractivity contribution in [3.8, 4) is 5.88 Å². The molecule has 1 heterocycles. The molecule has 0 radical (unpaired) electrons. The van der Waals surface area contributed by atoms with Gasteiger partial charge < -0.3 is 15.8 Å². The lowest BCUT2D eigenvalue weighted by Gasteiger charge is -2.13. The molecule has 0 fully saturated rings. The molecular formula is C14H14F3N3O. The van der Waals surface area contributed by atoms with Gasteiger partial charge in [-0.1, -0.05) is 0 Å². The molecule has 0 atom stereocenters. The van der Waals surface area contributed by atoms with Crippen molar-refractivity contribution in [2.45, 2.75) is 20.0 Å². The van der Waals surface area contributed by atoms with Gasteiger partial charge in [0.15, 0.2) is 17.5 Å². The number of ether oxygens (including phenoxy) is 1. The van der Waals surface area contributed by atoms with Crippen LogP contribution in [0.5, 0.6) is 5.88 Å². The number of nitrogen functional groups attached to an aromatic ring is 1. The zero-order chi connectivity index (χ0) is 15.6. The van der Waals surface area contributed by atoms with E-state index in [1.165, 1.54) is 12.1 Å². The Morgan fingerprint density at radius 1 is 1.10 bits per heavy atom. The minimum atomic E-state index is -1.55. The Labute approximate surface area is 119 Å². The van der Waals surface area contributed by atoms with Crippen molar-refractivity contribution in [1.82, 2.24) is 4.98 Å². The molecule has 0 saturated carbocycles. The minimum Gasteiger partial charge on any atom is -0.473 e. The molecule has 0 amide bonds. The zero-order valence-electron chi connectivity index (χ0n) is 11.5. The molecule has 1 aromatic carbocycles. The Morgan fingerprint density at radius 2 is 1.81 bits per heavy atom. The van der Waals surface area contributed by atoms with Crippen LogP contribution in [-0.2, 0) is 0 Å². The molecule has 112 valence electrons. The predicted molar refractivity (Wildman–Crippen MR) is 74.0 cm³/mol. The summed E-state index contributed by atoms with van der Waals surface area (Å²) in [4.78, 5) is 4.06. The third-order valence-corrected chi connectivity index (χ3v) is 2.53. The monoisotopic (exact) mass is 297 g/mol. The van der Waals surface area contributed by atoms with Crippen LogP contribution < -0.4 is 15.8 Å². The Balaban J connectivity index is 2.30. The maximum absolute atomic E-state index is 13.6. The summed E-state index contributed by atoms with van der Waals surface area (Å²) in [7, 11) is 0. The van der Waals surface area contributed by atoms with Gasteiger partial charge in [0, 0.05) is 0 Å². The molecule has 0 spiro atoms. The van der Waals surface area contributed by atoms with E-state index in [0.717, 1.165) is 12.1 Å². The molecule has 4 nitrogen and oxygen atoms in total. The predicted octanol–water partition coefficient (Wildman–Crippen LogP) is 3.61. The van der Waals surface area contributed by atoms with E-state index >= 15 is 0 Å². The van der Waals surface area contributed by atoms with Gasteiger partial charge in [0.2, 0.25) is 5.88 Å². The van der Waals surface area contributed by atoms with E-state index in [-0.39, 0.29) is 23.5 Å². The first-order valence-corrected chi connectivity index (χ1v) is 6.22. The van der Waals surface area contributed by atoms with Crippen LogP contribution in [0.2, 0.25) is 0 Å². The number of nitrogens with one attached hydrogen (secondary N) is 1. The van der Waals surface area contributed by atoms with Crippen molar-refractivity contribution in [1.29, 1.82) is 0 Å². The van der Waals surface area contributed by atoms with E-state index in [0.29, 0.717) is 5.69 Å². The van der Waals surface area contributed by atoms with Crippen LogP contribution in [0.25, 0.3) is 0 Å². The van der Waals surface area contributed by atoms with Crippen molar-refractivity contribution in [3.63, 3.8) is 0 Å². The normalized spacial score (nSPS) is 10.8. The van der Waals surface area contributed by atoms with Crippen molar-refractivity contribution < 1.29 is 17.9 Å². The molecular weight excluding hydrogens is 283 g/mol. The summed E-state index contributed by atoms with van der Waals surface area (Å²) >= 11 is 0. The number of hydrogen-bond donors (Lipinski definition) is 2. The van der Waals surface area contributed by atoms with Gasteiger partial charge in [-0.2, -0.15) is 4.98 Å². The number of nitrogens with zero attached hydrogens (tertiary/aromatic N) is 1. The van der Waals surface area contributed by atoms with Gasteiger partial charge in [-0.15, -0.1) is 0 Å². The fraction of sp³-hybridized carbons (Fsp3) is 0.214. The van der Waals surface area contributed by atoms with Gasteiger partial charge in [-0.3, -0.25) is 0 Å². The molecule has 0 aliphatic rings. The molecule has 7 heteroatoms. The van der Waals surface area contributed by atoms with Crippen LogP contribution in [0.3, 0.4) is 0 Å². The third kappa shape index (κ3) is 3.36. The summed E-state index contributed by atoms with van der Waals surface area (Å²) in [5.41, 5.74) is 5.79. The standard InChI is InChI=1S/C14H14F3N3O/c1-7(2)21-14-9(18)4-6-11(20-14)19-10-5-3-8(15)12(16)13(10)17/h3-7H,18H2,1-2H3,(H,19,20). The van der Waals surface area contributed by atoms with Gasteiger partial charge in [0.1, 0.15) is 5.82 Å². The minimum absolute atomic E-state index is 0.143. The van der Waals surface area contributed by atoms with E-state index in [1.807, 2.05) is 0 Å². The number of benzene rings is 1. The summed E-state index contributed by atoms with van der Waals surface area (Å²) in [6.07, 6.45) is -0.143. The first-order valence-electron chi connectivity index (χ1n) is 6.22. The number of anilines is 3. The third-order valence-electron chi connectivity index (χ3n) is 2.53. The number of rotatable bonds is 4. The quantitative estimate of drug-likeness (QED) is 0.846. The molecule has 0 aliphatic carbocycles. The first-order chi connectivity index (χ1) is 9.88. The Bertz CT molecular complexity index is 662. The number of aromatic nitrogens is 1. The molecule has 0 aliphatic heterocycles. The molecule has 2 rings (SSSR count). The van der Waals surface area contributed by atoms with Gasteiger partial charge >= 0.3 is 0 Å². The van der Waals surface area contributed by atoms with Crippen LogP contribution in [-0.4, -0.2) is 11.1 Å². The molecule has 0 saturated heterocycles. The Hall–Kier alpha value is -2.44. The fourth-order valence-electron chi connectivity index (χ4n) is 1.60. The zero-order valence-corrected chi connectivity index (χ0v) is 11.5. The average molecular weight is 297 g/mol. The van der Waals surface area contributed by atoms with Crippen LogP contribution in [0.15, 0.2) is 24.3 Å². The smallest absolute Gasteiger partial charge is 0.239 e. The number of hydrogen-bond acceptors (Lipinski definition) is 4. The summed E-state index contributed by atoms with van der Waals surface area (Å²) in [5, 5.41) is 2.55. The van der Waals surface area contributed by atoms with Crippen molar-refractivity contribution in [2.24, 2.45) is 0 Å². The lowest BCUT2D eigenvalue weighted by atomic mass is 10.2. The van der Waals surface area contributed by atoms with Crippen LogP contribution in [0.1, 0.15) is 13.8 Å². The number of halogens is 3. The molecule has 0 bridgehead atoms. The first kappa shape index (κ1) is 15.0. The van der Waals surface area contributed by atoms with Crippen LogP contribution in [0, 0.1) is 17.5 Å². The Morgan fingerprint density at radius 3 is 2.48 bits per heavy atom. The maximum Gasteiger partial charge on any atom is 0.239 e. The van der Waals surface area contributed by atoms with Crippen molar-refractivity contribution in [3.05, 3.63) is 41.7 Å². The van der Waals surface area contributed by atoms with Crippen LogP contribution >= 0.6 is 0 Å². The molecule has 3 N–H and O–H groups in total. The summed E-state index contributed by atoms with van der Waals surface area (Å²) in [6.45, 7) is 3.60. The molecule has 21 heavy (non-hydrogen) atoms. The average Bonchev–Trinajstić information content (AvgIpc) is 2.42. The topological polar surface area (TPSA) is 60.2 Å². The maximum atomic E-state index is 13.6. The highest BCUT2D eigenvalue weighted by molar-refractivity contribution is 5.61. The fourth-order valence-corrected chi connectivity index (χ4v) is 1.60. The highest BCUT2D eigenvalue weighted by atomic mass is 19.2. The Kier molecular flexibility index (Phi) is 4.21. The molecule has 1 aromatic heterocycles. The SMILES string of the molecule is CC(C)Oc1nc(Nc2ccc(F)c(F)c2F)ccc1N. The van der Waals surface area contributed by atoms with Gasteiger partial charge in [0.25, 0.3) is 0 Å². The lowest BCUT2D eigenvalue weighted by molar-refractivity contribution is 0.234. The van der Waals surface area contributed by atoms with E-state index < -0.39 is 17.5 Å². The number of nitrogens with two attached hydrogens (primary N) is 1. The van der Waals surface area contributed by atoms with Gasteiger partial charge in [-0.05, 0) is 38.1 Å². The molecule has 2 aromatic rings. The van der Waals surface area contributed by atoms with E-state index in [1.54, 1.807) is 13.8 Å². The van der Waals surface area contributed by atoms with E-state index in [9.17, 15) is 13.2 Å². The van der Waals surface area contributed by atoms with Crippen LogP contribution in [0.4, 0.5) is 30.4 Å².